The lowest BCUT2D eigenvalue weighted by Gasteiger charge is -2.27. The van der Waals surface area contributed by atoms with Crippen LogP contribution in [0.15, 0.2) is 48.9 Å². The zero-order chi connectivity index (χ0) is 25.9. The van der Waals surface area contributed by atoms with E-state index in [1.54, 1.807) is 39.8 Å². The van der Waals surface area contributed by atoms with Gasteiger partial charge >= 0.3 is 0 Å². The highest BCUT2D eigenvalue weighted by atomic mass is 35.5. The van der Waals surface area contributed by atoms with E-state index < -0.39 is 18.2 Å². The molecular weight excluding hydrogens is 506 g/mol. The fourth-order valence-corrected chi connectivity index (χ4v) is 4.26. The summed E-state index contributed by atoms with van der Waals surface area (Å²) < 4.78 is 41.1. The Balaban J connectivity index is 1.42. The standard InChI is InChI=1S/C25H19ClF2N6O3/c26-18-13-15(1-2-16(18)25(35)33-8-11-36-12-9-33)32-23-24-31-14-19(34(24)7-6-30-23)17-3-4-20(37-10-5-29)22(28)21(17)27/h1-4,6-7,13-14H,8-12H2,(H,30,32). The highest BCUT2D eigenvalue weighted by molar-refractivity contribution is 6.34. The van der Waals surface area contributed by atoms with Crippen molar-refractivity contribution in [1.29, 1.82) is 5.26 Å². The molecule has 12 heteroatoms. The molecule has 5 rings (SSSR count). The van der Waals surface area contributed by atoms with Gasteiger partial charge in [-0.3, -0.25) is 9.20 Å². The van der Waals surface area contributed by atoms with Crippen molar-refractivity contribution in [2.24, 2.45) is 0 Å². The lowest BCUT2D eigenvalue weighted by Crippen LogP contribution is -2.40. The number of nitrogens with one attached hydrogen (secondary N) is 1. The number of hydrogen-bond acceptors (Lipinski definition) is 7. The molecule has 2 aromatic heterocycles. The zero-order valence-electron chi connectivity index (χ0n) is 19.2. The number of carbonyl (C=O) groups excluding carboxylic acids is 1. The van der Waals surface area contributed by atoms with Crippen molar-refractivity contribution in [2.45, 2.75) is 0 Å². The zero-order valence-corrected chi connectivity index (χ0v) is 20.0. The predicted octanol–water partition coefficient (Wildman–Crippen LogP) is 4.45. The summed E-state index contributed by atoms with van der Waals surface area (Å²) in [5, 5.41) is 12.0. The van der Waals surface area contributed by atoms with Gasteiger partial charge in [-0.2, -0.15) is 9.65 Å². The largest absolute Gasteiger partial charge is 0.476 e. The van der Waals surface area contributed by atoms with Crippen LogP contribution in [0.2, 0.25) is 5.02 Å². The molecule has 3 heterocycles. The molecule has 0 radical (unpaired) electrons. The van der Waals surface area contributed by atoms with Gasteiger partial charge in [-0.25, -0.2) is 14.4 Å². The normalized spacial score (nSPS) is 13.4. The van der Waals surface area contributed by atoms with Gasteiger partial charge in [-0.05, 0) is 30.3 Å². The molecule has 0 unspecified atom stereocenters. The minimum Gasteiger partial charge on any atom is -0.476 e. The first kappa shape index (κ1) is 24.4. The van der Waals surface area contributed by atoms with Crippen LogP contribution < -0.4 is 10.1 Å². The maximum absolute atomic E-state index is 14.8. The minimum atomic E-state index is -1.20. The highest BCUT2D eigenvalue weighted by Gasteiger charge is 2.22. The molecular formula is C25H19ClF2N6O3. The number of anilines is 2. The first-order valence-electron chi connectivity index (χ1n) is 11.2. The first-order valence-corrected chi connectivity index (χ1v) is 11.6. The van der Waals surface area contributed by atoms with Crippen molar-refractivity contribution in [3.05, 3.63) is 71.1 Å². The maximum Gasteiger partial charge on any atom is 0.255 e. The average molecular weight is 525 g/mol. The van der Waals surface area contributed by atoms with Crippen molar-refractivity contribution in [2.75, 3.05) is 38.2 Å². The molecule has 1 aliphatic rings. The Morgan fingerprint density at radius 3 is 2.76 bits per heavy atom. The van der Waals surface area contributed by atoms with Gasteiger partial charge in [-0.1, -0.05) is 11.6 Å². The van der Waals surface area contributed by atoms with Crippen molar-refractivity contribution in [3.8, 4) is 23.1 Å². The lowest BCUT2D eigenvalue weighted by molar-refractivity contribution is 0.0303. The second-order valence-corrected chi connectivity index (χ2v) is 8.43. The van der Waals surface area contributed by atoms with E-state index in [0.29, 0.717) is 49.0 Å². The van der Waals surface area contributed by atoms with Gasteiger partial charge in [-0.15, -0.1) is 0 Å². The smallest absolute Gasteiger partial charge is 0.255 e. The number of hydrogen-bond donors (Lipinski definition) is 1. The van der Waals surface area contributed by atoms with E-state index in [9.17, 15) is 13.6 Å². The van der Waals surface area contributed by atoms with Crippen molar-refractivity contribution < 1.29 is 23.0 Å². The van der Waals surface area contributed by atoms with Crippen LogP contribution in [0, 0.1) is 23.0 Å². The number of amides is 1. The number of halogens is 3. The highest BCUT2D eigenvalue weighted by Crippen LogP contribution is 2.32. The molecule has 1 saturated heterocycles. The summed E-state index contributed by atoms with van der Waals surface area (Å²) in [6, 6.07) is 9.26. The van der Waals surface area contributed by atoms with Crippen LogP contribution in [0.3, 0.4) is 0 Å². The van der Waals surface area contributed by atoms with E-state index in [4.69, 9.17) is 26.3 Å². The van der Waals surface area contributed by atoms with Gasteiger partial charge in [0.2, 0.25) is 5.82 Å². The van der Waals surface area contributed by atoms with Gasteiger partial charge in [0.1, 0.15) is 6.07 Å². The molecule has 1 N–H and O–H groups in total. The van der Waals surface area contributed by atoms with Gasteiger partial charge in [0.15, 0.2) is 29.6 Å². The summed E-state index contributed by atoms with van der Waals surface area (Å²) in [6.45, 7) is 1.58. The van der Waals surface area contributed by atoms with Gasteiger partial charge in [0.25, 0.3) is 5.91 Å². The van der Waals surface area contributed by atoms with E-state index >= 15 is 0 Å². The number of morpholine rings is 1. The molecule has 0 spiro atoms. The third-order valence-electron chi connectivity index (χ3n) is 5.80. The second kappa shape index (κ2) is 10.4. The Labute approximate surface area is 214 Å². The Morgan fingerprint density at radius 1 is 1.19 bits per heavy atom. The molecule has 2 aromatic carbocycles. The average Bonchev–Trinajstić information content (AvgIpc) is 3.35. The van der Waals surface area contributed by atoms with Crippen LogP contribution in [0.1, 0.15) is 10.4 Å². The van der Waals surface area contributed by atoms with Crippen LogP contribution in [0.4, 0.5) is 20.3 Å². The summed E-state index contributed by atoms with van der Waals surface area (Å²) in [4.78, 5) is 23.1. The summed E-state index contributed by atoms with van der Waals surface area (Å²) in [5.74, 6) is -2.51. The number of fused-ring (bicyclic) bond motifs is 1. The maximum atomic E-state index is 14.8. The molecule has 0 aliphatic carbocycles. The van der Waals surface area contributed by atoms with Gasteiger partial charge in [0, 0.05) is 36.7 Å². The number of carbonyl (C=O) groups is 1. The Bertz CT molecular complexity index is 1530. The molecule has 37 heavy (non-hydrogen) atoms. The van der Waals surface area contributed by atoms with Crippen molar-refractivity contribution in [3.63, 3.8) is 0 Å². The first-order chi connectivity index (χ1) is 18.0. The number of aromatic nitrogens is 3. The molecule has 0 bridgehead atoms. The molecule has 0 saturated carbocycles. The third-order valence-corrected chi connectivity index (χ3v) is 6.12. The summed E-state index contributed by atoms with van der Waals surface area (Å²) in [6.07, 6.45) is 4.45. The Kier molecular flexibility index (Phi) is 6.85. The molecule has 4 aromatic rings. The minimum absolute atomic E-state index is 0.0412. The van der Waals surface area contributed by atoms with Crippen LogP contribution in [0.5, 0.6) is 5.75 Å². The van der Waals surface area contributed by atoms with E-state index in [1.165, 1.54) is 24.5 Å². The summed E-state index contributed by atoms with van der Waals surface area (Å²) >= 11 is 6.42. The molecule has 1 fully saturated rings. The van der Waals surface area contributed by atoms with Gasteiger partial charge in [0.05, 0.1) is 35.7 Å². The predicted molar refractivity (Wildman–Crippen MR) is 131 cm³/mol. The number of benzene rings is 2. The van der Waals surface area contributed by atoms with Crippen LogP contribution in [-0.2, 0) is 4.74 Å². The Hall–Kier alpha value is -4.27. The number of rotatable bonds is 6. The molecule has 0 atom stereocenters. The fourth-order valence-electron chi connectivity index (χ4n) is 4.00. The van der Waals surface area contributed by atoms with Gasteiger partial charge < -0.3 is 19.7 Å². The lowest BCUT2D eigenvalue weighted by atomic mass is 10.1. The van der Waals surface area contributed by atoms with E-state index in [1.807, 2.05) is 0 Å². The molecule has 1 aliphatic heterocycles. The fraction of sp³-hybridized carbons (Fsp3) is 0.200. The SMILES string of the molecule is N#CCOc1ccc(-c2cnc3c(Nc4ccc(C(=O)N5CCOCC5)c(Cl)c4)nccn23)c(F)c1F. The van der Waals surface area contributed by atoms with E-state index in [-0.39, 0.29) is 27.9 Å². The number of nitriles is 1. The molecule has 9 nitrogen and oxygen atoms in total. The van der Waals surface area contributed by atoms with Crippen molar-refractivity contribution >= 4 is 34.7 Å². The van der Waals surface area contributed by atoms with Crippen LogP contribution in [0.25, 0.3) is 16.9 Å². The van der Waals surface area contributed by atoms with Crippen LogP contribution in [-0.4, -0.2) is 58.1 Å². The summed E-state index contributed by atoms with van der Waals surface area (Å²) in [5.41, 5.74) is 1.54. The number of ether oxygens (including phenoxy) is 2. The van der Waals surface area contributed by atoms with E-state index in [0.717, 1.165) is 0 Å². The topological polar surface area (TPSA) is 105 Å². The number of nitrogens with zero attached hydrogens (tertiary/aromatic N) is 5. The number of imidazole rings is 1. The third kappa shape index (κ3) is 4.76. The van der Waals surface area contributed by atoms with Crippen LogP contribution >= 0.6 is 11.6 Å². The Morgan fingerprint density at radius 2 is 2.00 bits per heavy atom. The molecule has 1 amide bonds. The molecule has 188 valence electrons. The van der Waals surface area contributed by atoms with Crippen molar-refractivity contribution in [1.82, 2.24) is 19.3 Å². The summed E-state index contributed by atoms with van der Waals surface area (Å²) in [7, 11) is 0. The quantitative estimate of drug-likeness (QED) is 0.397. The second-order valence-electron chi connectivity index (χ2n) is 8.02. The monoisotopic (exact) mass is 524 g/mol. The van der Waals surface area contributed by atoms with E-state index in [2.05, 4.69) is 15.3 Å².